The number of para-hydroxylation sites is 1. The van der Waals surface area contributed by atoms with Crippen LogP contribution in [0.2, 0.25) is 10.0 Å². The second-order valence-corrected chi connectivity index (χ2v) is 6.48. The Morgan fingerprint density at radius 1 is 0.958 bits per heavy atom. The molecule has 0 aliphatic rings. The van der Waals surface area contributed by atoms with E-state index < -0.39 is 11.8 Å². The highest BCUT2D eigenvalue weighted by Crippen LogP contribution is 2.26. The predicted molar refractivity (Wildman–Crippen MR) is 98.9 cm³/mol. The summed E-state index contributed by atoms with van der Waals surface area (Å²) in [6, 6.07) is 12.3. The van der Waals surface area contributed by atoms with Gasteiger partial charge in [0.1, 0.15) is 6.42 Å². The molecule has 0 radical (unpaired) electrons. The smallest absolute Gasteiger partial charge is 0.233 e. The quantitative estimate of drug-likeness (QED) is 0.726. The van der Waals surface area contributed by atoms with Crippen molar-refractivity contribution in [1.82, 2.24) is 0 Å². The van der Waals surface area contributed by atoms with Gasteiger partial charge in [0.2, 0.25) is 11.8 Å². The molecule has 2 rings (SSSR count). The maximum absolute atomic E-state index is 12.1. The van der Waals surface area contributed by atoms with Crippen molar-refractivity contribution >= 4 is 46.4 Å². The second kappa shape index (κ2) is 8.18. The second-order valence-electron chi connectivity index (χ2n) is 5.64. The Morgan fingerprint density at radius 2 is 1.58 bits per heavy atom. The molecule has 2 aromatic rings. The van der Waals surface area contributed by atoms with Crippen LogP contribution in [-0.2, 0) is 9.59 Å². The van der Waals surface area contributed by atoms with Gasteiger partial charge in [-0.2, -0.15) is 0 Å². The predicted octanol–water partition coefficient (Wildman–Crippen LogP) is 5.08. The summed E-state index contributed by atoms with van der Waals surface area (Å²) in [4.78, 5) is 24.1. The molecule has 126 valence electrons. The van der Waals surface area contributed by atoms with Gasteiger partial charge >= 0.3 is 0 Å². The van der Waals surface area contributed by atoms with E-state index in [0.29, 0.717) is 21.4 Å². The van der Waals surface area contributed by atoms with E-state index in [2.05, 4.69) is 10.6 Å². The van der Waals surface area contributed by atoms with E-state index in [4.69, 9.17) is 23.2 Å². The standard InChI is InChI=1S/C18H18Cl2N2O2/c1-11(2)13-5-3-4-6-15(13)21-17(23)10-18(24)22-16-9-12(19)7-8-14(16)20/h3-9,11H,10H2,1-2H3,(H,21,23)(H,22,24). The van der Waals surface area contributed by atoms with Crippen LogP contribution in [0.15, 0.2) is 42.5 Å². The molecule has 0 bridgehead atoms. The number of halogens is 2. The van der Waals surface area contributed by atoms with Crippen molar-refractivity contribution in [3.05, 3.63) is 58.1 Å². The molecule has 2 amide bonds. The van der Waals surface area contributed by atoms with Gasteiger partial charge in [-0.15, -0.1) is 0 Å². The fraction of sp³-hybridized carbons (Fsp3) is 0.222. The molecule has 24 heavy (non-hydrogen) atoms. The Balaban J connectivity index is 2.00. The highest BCUT2D eigenvalue weighted by Gasteiger charge is 2.14. The molecule has 0 aromatic heterocycles. The van der Waals surface area contributed by atoms with E-state index in [-0.39, 0.29) is 12.3 Å². The lowest BCUT2D eigenvalue weighted by Gasteiger charge is -2.13. The van der Waals surface area contributed by atoms with Gasteiger partial charge in [0.15, 0.2) is 0 Å². The average Bonchev–Trinajstić information content (AvgIpc) is 2.51. The molecule has 2 N–H and O–H groups in total. The third-order valence-corrected chi connectivity index (χ3v) is 3.95. The molecule has 0 unspecified atom stereocenters. The van der Waals surface area contributed by atoms with Crippen molar-refractivity contribution in [3.63, 3.8) is 0 Å². The molecule has 0 fully saturated rings. The maximum atomic E-state index is 12.1. The van der Waals surface area contributed by atoms with Crippen molar-refractivity contribution in [2.24, 2.45) is 0 Å². The van der Waals surface area contributed by atoms with Gasteiger partial charge in [-0.25, -0.2) is 0 Å². The normalized spacial score (nSPS) is 10.5. The van der Waals surface area contributed by atoms with E-state index in [0.717, 1.165) is 5.56 Å². The summed E-state index contributed by atoms with van der Waals surface area (Å²) in [5.41, 5.74) is 2.11. The molecule has 0 saturated carbocycles. The molecule has 0 spiro atoms. The van der Waals surface area contributed by atoms with Crippen molar-refractivity contribution in [3.8, 4) is 0 Å². The molecule has 0 aliphatic heterocycles. The number of amides is 2. The van der Waals surface area contributed by atoms with Crippen LogP contribution in [0.3, 0.4) is 0 Å². The van der Waals surface area contributed by atoms with Gasteiger partial charge < -0.3 is 10.6 Å². The van der Waals surface area contributed by atoms with Crippen LogP contribution in [0.4, 0.5) is 11.4 Å². The lowest BCUT2D eigenvalue weighted by atomic mass is 10.0. The van der Waals surface area contributed by atoms with Crippen LogP contribution in [0.5, 0.6) is 0 Å². The fourth-order valence-corrected chi connectivity index (χ4v) is 2.58. The molecule has 0 aliphatic carbocycles. The SMILES string of the molecule is CC(C)c1ccccc1NC(=O)CC(=O)Nc1cc(Cl)ccc1Cl. The Bertz CT molecular complexity index is 760. The van der Waals surface area contributed by atoms with Crippen molar-refractivity contribution in [2.75, 3.05) is 10.6 Å². The van der Waals surface area contributed by atoms with Crippen LogP contribution in [-0.4, -0.2) is 11.8 Å². The number of benzene rings is 2. The third-order valence-electron chi connectivity index (χ3n) is 3.38. The molecular weight excluding hydrogens is 347 g/mol. The highest BCUT2D eigenvalue weighted by molar-refractivity contribution is 6.35. The first-order valence-corrected chi connectivity index (χ1v) is 8.26. The average molecular weight is 365 g/mol. The first-order valence-electron chi connectivity index (χ1n) is 7.50. The Labute approximate surface area is 151 Å². The molecule has 0 saturated heterocycles. The number of hydrogen-bond acceptors (Lipinski definition) is 2. The first-order chi connectivity index (χ1) is 11.4. The minimum atomic E-state index is -0.460. The van der Waals surface area contributed by atoms with Gasteiger partial charge in [-0.1, -0.05) is 55.2 Å². The van der Waals surface area contributed by atoms with E-state index >= 15 is 0 Å². The molecule has 2 aromatic carbocycles. The number of anilines is 2. The Hall–Kier alpha value is -2.04. The van der Waals surface area contributed by atoms with Crippen LogP contribution in [0, 0.1) is 0 Å². The van der Waals surface area contributed by atoms with Crippen LogP contribution in [0.1, 0.15) is 31.7 Å². The van der Waals surface area contributed by atoms with Gasteiger partial charge in [0, 0.05) is 10.7 Å². The zero-order valence-electron chi connectivity index (χ0n) is 13.4. The van der Waals surface area contributed by atoms with Crippen molar-refractivity contribution < 1.29 is 9.59 Å². The summed E-state index contributed by atoms with van der Waals surface area (Å²) in [7, 11) is 0. The summed E-state index contributed by atoms with van der Waals surface area (Å²) in [6.07, 6.45) is -0.310. The van der Waals surface area contributed by atoms with Crippen LogP contribution >= 0.6 is 23.2 Å². The zero-order chi connectivity index (χ0) is 17.7. The summed E-state index contributed by atoms with van der Waals surface area (Å²) < 4.78 is 0. The Morgan fingerprint density at radius 3 is 2.25 bits per heavy atom. The van der Waals surface area contributed by atoms with Crippen LogP contribution < -0.4 is 10.6 Å². The molecule has 4 nitrogen and oxygen atoms in total. The van der Waals surface area contributed by atoms with Gasteiger partial charge in [-0.05, 0) is 35.7 Å². The number of carbonyl (C=O) groups is 2. The minimum Gasteiger partial charge on any atom is -0.325 e. The molecule has 0 heterocycles. The van der Waals surface area contributed by atoms with Gasteiger partial charge in [0.25, 0.3) is 0 Å². The zero-order valence-corrected chi connectivity index (χ0v) is 14.9. The van der Waals surface area contributed by atoms with E-state index in [1.165, 1.54) is 6.07 Å². The third kappa shape index (κ3) is 4.98. The monoisotopic (exact) mass is 364 g/mol. The maximum Gasteiger partial charge on any atom is 0.233 e. The van der Waals surface area contributed by atoms with Crippen molar-refractivity contribution in [2.45, 2.75) is 26.2 Å². The Kier molecular flexibility index (Phi) is 6.23. The van der Waals surface area contributed by atoms with E-state index in [9.17, 15) is 9.59 Å². The van der Waals surface area contributed by atoms with Crippen LogP contribution in [0.25, 0.3) is 0 Å². The summed E-state index contributed by atoms with van der Waals surface area (Å²) in [6.45, 7) is 4.08. The fourth-order valence-electron chi connectivity index (χ4n) is 2.24. The molecule has 6 heteroatoms. The topological polar surface area (TPSA) is 58.2 Å². The molecule has 0 atom stereocenters. The van der Waals surface area contributed by atoms with E-state index in [1.54, 1.807) is 12.1 Å². The summed E-state index contributed by atoms with van der Waals surface area (Å²) >= 11 is 11.9. The minimum absolute atomic E-state index is 0.264. The van der Waals surface area contributed by atoms with Gasteiger partial charge in [0.05, 0.1) is 10.7 Å². The van der Waals surface area contributed by atoms with Crippen molar-refractivity contribution in [1.29, 1.82) is 0 Å². The van der Waals surface area contributed by atoms with E-state index in [1.807, 2.05) is 38.1 Å². The summed E-state index contributed by atoms with van der Waals surface area (Å²) in [5, 5.41) is 6.17. The summed E-state index contributed by atoms with van der Waals surface area (Å²) in [5.74, 6) is -0.585. The lowest BCUT2D eigenvalue weighted by molar-refractivity contribution is -0.123. The number of carbonyl (C=O) groups excluding carboxylic acids is 2. The lowest BCUT2D eigenvalue weighted by Crippen LogP contribution is -2.22. The largest absolute Gasteiger partial charge is 0.325 e. The first kappa shape index (κ1) is 18.3. The number of rotatable bonds is 5. The molecular formula is C18H18Cl2N2O2. The van der Waals surface area contributed by atoms with Gasteiger partial charge in [-0.3, -0.25) is 9.59 Å². The number of hydrogen-bond donors (Lipinski definition) is 2. The number of nitrogens with one attached hydrogen (secondary N) is 2. The highest BCUT2D eigenvalue weighted by atomic mass is 35.5.